The minimum absolute atomic E-state index is 0.0833. The van der Waals surface area contributed by atoms with Crippen LogP contribution in [-0.4, -0.2) is 35.2 Å². The second-order valence-electron chi connectivity index (χ2n) is 8.81. The largest absolute Gasteiger partial charge is 0.490 e. The minimum Gasteiger partial charge on any atom is -0.490 e. The van der Waals surface area contributed by atoms with Crippen molar-refractivity contribution < 1.29 is 23.9 Å². The zero-order chi connectivity index (χ0) is 28.1. The summed E-state index contributed by atoms with van der Waals surface area (Å²) in [6.07, 6.45) is 1.62. The van der Waals surface area contributed by atoms with Crippen molar-refractivity contribution in [2.24, 2.45) is 0 Å². The van der Waals surface area contributed by atoms with Gasteiger partial charge in [-0.3, -0.25) is 19.3 Å². The first kappa shape index (κ1) is 28.5. The number of hydrogen-bond acceptors (Lipinski definition) is 6. The molecule has 0 saturated carbocycles. The van der Waals surface area contributed by atoms with Crippen LogP contribution in [0, 0.1) is 13.8 Å². The van der Waals surface area contributed by atoms with Crippen molar-refractivity contribution in [1.29, 1.82) is 0 Å². The zero-order valence-corrected chi connectivity index (χ0v) is 23.9. The van der Waals surface area contributed by atoms with E-state index in [2.05, 4.69) is 5.32 Å². The van der Waals surface area contributed by atoms with Gasteiger partial charge in [-0.1, -0.05) is 47.5 Å². The molecule has 3 aromatic carbocycles. The summed E-state index contributed by atoms with van der Waals surface area (Å²) in [7, 11) is 0. The zero-order valence-electron chi connectivity index (χ0n) is 21.5. The molecule has 1 saturated heterocycles. The van der Waals surface area contributed by atoms with Gasteiger partial charge in [-0.15, -0.1) is 0 Å². The van der Waals surface area contributed by atoms with Gasteiger partial charge in [0, 0.05) is 5.69 Å². The summed E-state index contributed by atoms with van der Waals surface area (Å²) in [6, 6.07) is 15.9. The molecular formula is C29H26Cl2N2O5S. The van der Waals surface area contributed by atoms with E-state index in [1.807, 2.05) is 39.0 Å². The lowest BCUT2D eigenvalue weighted by atomic mass is 10.1. The Kier molecular flexibility index (Phi) is 9.22. The molecule has 0 radical (unpaired) electrons. The average Bonchev–Trinajstić information content (AvgIpc) is 3.15. The maximum Gasteiger partial charge on any atom is 0.293 e. The molecular weight excluding hydrogens is 559 g/mol. The van der Waals surface area contributed by atoms with E-state index >= 15 is 0 Å². The molecule has 0 bridgehead atoms. The van der Waals surface area contributed by atoms with Crippen LogP contribution in [0.2, 0.25) is 10.0 Å². The first-order valence-electron chi connectivity index (χ1n) is 12.1. The number of hydrogen-bond donors (Lipinski definition) is 1. The van der Waals surface area contributed by atoms with Gasteiger partial charge in [0.15, 0.2) is 18.1 Å². The molecule has 0 atom stereocenters. The molecule has 1 N–H and O–H groups in total. The Labute approximate surface area is 241 Å². The van der Waals surface area contributed by atoms with Crippen LogP contribution >= 0.6 is 35.0 Å². The summed E-state index contributed by atoms with van der Waals surface area (Å²) in [5.74, 6) is 0.0991. The topological polar surface area (TPSA) is 84.9 Å². The summed E-state index contributed by atoms with van der Waals surface area (Å²) in [5, 5.41) is 3.24. The van der Waals surface area contributed by atoms with Gasteiger partial charge < -0.3 is 14.8 Å². The normalized spacial score (nSPS) is 14.2. The van der Waals surface area contributed by atoms with Gasteiger partial charge in [-0.05, 0) is 91.2 Å². The second kappa shape index (κ2) is 12.6. The monoisotopic (exact) mass is 584 g/mol. The third-order valence-electron chi connectivity index (χ3n) is 5.79. The molecule has 1 aliphatic heterocycles. The Bertz CT molecular complexity index is 1470. The van der Waals surface area contributed by atoms with Crippen molar-refractivity contribution in [3.05, 3.63) is 91.8 Å². The second-order valence-corrected chi connectivity index (χ2v) is 10.6. The summed E-state index contributed by atoms with van der Waals surface area (Å²) < 4.78 is 11.5. The molecule has 39 heavy (non-hydrogen) atoms. The number of rotatable bonds is 9. The fourth-order valence-electron chi connectivity index (χ4n) is 3.81. The lowest BCUT2D eigenvalue weighted by Crippen LogP contribution is -2.27. The molecule has 7 nitrogen and oxygen atoms in total. The van der Waals surface area contributed by atoms with Crippen molar-refractivity contribution in [1.82, 2.24) is 4.90 Å². The SMILES string of the molecule is CCOc1cc(/C=C2\SC(=O)N(Cc3ccc(Cl)c(Cl)c3)C2=O)ccc1OCC(=O)Nc1cc(C)ccc1C. The first-order valence-corrected chi connectivity index (χ1v) is 13.7. The van der Waals surface area contributed by atoms with E-state index < -0.39 is 5.91 Å². The molecule has 1 fully saturated rings. The summed E-state index contributed by atoms with van der Waals surface area (Å²) in [4.78, 5) is 39.5. The number of amides is 3. The number of carbonyl (C=O) groups is 3. The fraction of sp³-hybridized carbons (Fsp3) is 0.207. The third kappa shape index (κ3) is 7.15. The summed E-state index contributed by atoms with van der Waals surface area (Å²) in [5.41, 5.74) is 4.06. The molecule has 0 unspecified atom stereocenters. The highest BCUT2D eigenvalue weighted by Gasteiger charge is 2.35. The number of benzene rings is 3. The van der Waals surface area contributed by atoms with E-state index in [4.69, 9.17) is 32.7 Å². The van der Waals surface area contributed by atoms with Crippen LogP contribution in [0.5, 0.6) is 11.5 Å². The van der Waals surface area contributed by atoms with Gasteiger partial charge >= 0.3 is 0 Å². The molecule has 202 valence electrons. The number of halogens is 2. The van der Waals surface area contributed by atoms with E-state index in [1.54, 1.807) is 42.5 Å². The number of aryl methyl sites for hydroxylation is 2. The average molecular weight is 586 g/mol. The van der Waals surface area contributed by atoms with Crippen LogP contribution in [0.4, 0.5) is 10.5 Å². The van der Waals surface area contributed by atoms with Crippen LogP contribution < -0.4 is 14.8 Å². The van der Waals surface area contributed by atoms with Crippen LogP contribution in [-0.2, 0) is 16.1 Å². The predicted octanol–water partition coefficient (Wildman–Crippen LogP) is 7.26. The molecule has 4 rings (SSSR count). The molecule has 0 aromatic heterocycles. The number of nitrogens with one attached hydrogen (secondary N) is 1. The van der Waals surface area contributed by atoms with Gasteiger partial charge in [-0.2, -0.15) is 0 Å². The van der Waals surface area contributed by atoms with E-state index in [9.17, 15) is 14.4 Å². The Morgan fingerprint density at radius 3 is 2.51 bits per heavy atom. The van der Waals surface area contributed by atoms with Crippen molar-refractivity contribution >= 4 is 63.8 Å². The molecule has 3 aromatic rings. The maximum atomic E-state index is 13.0. The molecule has 0 aliphatic carbocycles. The number of carbonyl (C=O) groups excluding carboxylic acids is 3. The van der Waals surface area contributed by atoms with Crippen molar-refractivity contribution in [3.63, 3.8) is 0 Å². The number of ether oxygens (including phenoxy) is 2. The van der Waals surface area contributed by atoms with Crippen LogP contribution in [0.1, 0.15) is 29.2 Å². The van der Waals surface area contributed by atoms with Crippen molar-refractivity contribution in [2.45, 2.75) is 27.3 Å². The Morgan fingerprint density at radius 2 is 1.77 bits per heavy atom. The lowest BCUT2D eigenvalue weighted by molar-refractivity contribution is -0.123. The fourth-order valence-corrected chi connectivity index (χ4v) is 4.97. The van der Waals surface area contributed by atoms with Gasteiger partial charge in [-0.25, -0.2) is 0 Å². The smallest absolute Gasteiger partial charge is 0.293 e. The summed E-state index contributed by atoms with van der Waals surface area (Å²) >= 11 is 12.9. The van der Waals surface area contributed by atoms with Gasteiger partial charge in [0.2, 0.25) is 0 Å². The van der Waals surface area contributed by atoms with Crippen LogP contribution in [0.3, 0.4) is 0 Å². The third-order valence-corrected chi connectivity index (χ3v) is 7.44. The Hall–Kier alpha value is -3.46. The number of anilines is 1. The standard InChI is InChI=1S/C29H26Cl2N2O5S/c1-4-37-25-13-19(8-10-24(25)38-16-27(34)32-23-11-17(2)5-6-18(23)3)14-26-28(35)33(29(36)39-26)15-20-7-9-21(30)22(31)12-20/h5-14H,4,15-16H2,1-3H3,(H,32,34)/b26-14-. The maximum absolute atomic E-state index is 13.0. The minimum atomic E-state index is -0.405. The molecule has 0 spiro atoms. The molecule has 3 amide bonds. The van der Waals surface area contributed by atoms with Gasteiger partial charge in [0.1, 0.15) is 0 Å². The quantitative estimate of drug-likeness (QED) is 0.266. The number of thioether (sulfide) groups is 1. The Morgan fingerprint density at radius 1 is 0.974 bits per heavy atom. The number of nitrogens with zero attached hydrogens (tertiary/aromatic N) is 1. The van der Waals surface area contributed by atoms with E-state index in [1.165, 1.54) is 0 Å². The highest BCUT2D eigenvalue weighted by molar-refractivity contribution is 8.18. The Balaban J connectivity index is 1.45. The molecule has 10 heteroatoms. The van der Waals surface area contributed by atoms with Crippen molar-refractivity contribution in [3.8, 4) is 11.5 Å². The van der Waals surface area contributed by atoms with Crippen LogP contribution in [0.15, 0.2) is 59.5 Å². The van der Waals surface area contributed by atoms with Gasteiger partial charge in [0.05, 0.1) is 28.1 Å². The highest BCUT2D eigenvalue weighted by atomic mass is 35.5. The van der Waals surface area contributed by atoms with E-state index in [0.29, 0.717) is 39.3 Å². The van der Waals surface area contributed by atoms with E-state index in [0.717, 1.165) is 33.5 Å². The lowest BCUT2D eigenvalue weighted by Gasteiger charge is -2.14. The summed E-state index contributed by atoms with van der Waals surface area (Å²) in [6.45, 7) is 5.95. The van der Waals surface area contributed by atoms with E-state index in [-0.39, 0.29) is 29.2 Å². The van der Waals surface area contributed by atoms with Crippen LogP contribution in [0.25, 0.3) is 6.08 Å². The predicted molar refractivity (Wildman–Crippen MR) is 156 cm³/mol. The number of imide groups is 1. The molecule has 1 heterocycles. The first-order chi connectivity index (χ1) is 18.6. The van der Waals surface area contributed by atoms with Crippen molar-refractivity contribution in [2.75, 3.05) is 18.5 Å². The highest BCUT2D eigenvalue weighted by Crippen LogP contribution is 2.36. The van der Waals surface area contributed by atoms with Gasteiger partial charge in [0.25, 0.3) is 17.1 Å². The molecule has 1 aliphatic rings.